The topological polar surface area (TPSA) is 30.2 Å². The quantitative estimate of drug-likeness (QED) is 0.553. The molecule has 0 N–H and O–H groups in total. The summed E-state index contributed by atoms with van der Waals surface area (Å²) in [6.45, 7) is 4.03. The number of nitrogens with zero attached hydrogens (tertiary/aromatic N) is 3. The molecule has 16 heavy (non-hydrogen) atoms. The van der Waals surface area contributed by atoms with E-state index in [4.69, 9.17) is 0 Å². The van der Waals surface area contributed by atoms with Crippen LogP contribution < -0.4 is 0 Å². The van der Waals surface area contributed by atoms with Gasteiger partial charge < -0.3 is 4.40 Å². The van der Waals surface area contributed by atoms with Gasteiger partial charge in [0.25, 0.3) is 0 Å². The van der Waals surface area contributed by atoms with Gasteiger partial charge >= 0.3 is 0 Å². The Bertz CT molecular complexity index is 658. The maximum absolute atomic E-state index is 4.19. The van der Waals surface area contributed by atoms with Crippen LogP contribution in [0.4, 0.5) is 0 Å². The van der Waals surface area contributed by atoms with Crippen molar-refractivity contribution in [2.75, 3.05) is 0 Å². The maximum Gasteiger partial charge on any atom is 0.125 e. The van der Waals surface area contributed by atoms with Crippen LogP contribution in [0.2, 0.25) is 0 Å². The molecule has 0 saturated carbocycles. The Morgan fingerprint density at radius 1 is 1.25 bits per heavy atom. The minimum atomic E-state index is 0. The third-order valence-corrected chi connectivity index (χ3v) is 2.65. The van der Waals surface area contributed by atoms with E-state index in [-0.39, 0.29) is 20.1 Å². The van der Waals surface area contributed by atoms with Gasteiger partial charge in [-0.1, -0.05) is 11.5 Å². The Morgan fingerprint density at radius 3 is 2.88 bits per heavy atom. The zero-order chi connectivity index (χ0) is 10.4. The SMILES string of the molecule is Cc1cc2ccc[c-]c2c2nnc(C)n12.[Ir]. The van der Waals surface area contributed by atoms with Crippen molar-refractivity contribution < 1.29 is 20.1 Å². The summed E-state index contributed by atoms with van der Waals surface area (Å²) in [7, 11) is 0. The molecule has 0 aliphatic carbocycles. The zero-order valence-electron chi connectivity index (χ0n) is 8.98. The Labute approximate surface area is 107 Å². The molecule has 2 heterocycles. The third kappa shape index (κ3) is 1.46. The molecule has 0 fully saturated rings. The Balaban J connectivity index is 0.000000963. The van der Waals surface area contributed by atoms with E-state index in [1.54, 1.807) is 0 Å². The summed E-state index contributed by atoms with van der Waals surface area (Å²) in [6.07, 6.45) is 0. The summed E-state index contributed by atoms with van der Waals surface area (Å²) in [5.41, 5.74) is 2.04. The van der Waals surface area contributed by atoms with Crippen molar-refractivity contribution in [1.82, 2.24) is 14.6 Å². The number of hydrogen-bond donors (Lipinski definition) is 0. The van der Waals surface area contributed by atoms with Crippen LogP contribution in [0.1, 0.15) is 11.5 Å². The van der Waals surface area contributed by atoms with Crippen molar-refractivity contribution >= 4 is 16.4 Å². The largest absolute Gasteiger partial charge is 0.325 e. The minimum absolute atomic E-state index is 0. The molecule has 3 rings (SSSR count). The van der Waals surface area contributed by atoms with Gasteiger partial charge in [-0.05, 0) is 13.8 Å². The standard InChI is InChI=1S/C12H10N3.Ir/c1-8-7-10-5-3-4-6-11(10)12-14-13-9(2)15(8)12;/h3-5,7H,1-2H3;/q-1;. The molecule has 0 atom stereocenters. The van der Waals surface area contributed by atoms with Gasteiger partial charge in [0.1, 0.15) is 5.82 Å². The van der Waals surface area contributed by atoms with Crippen LogP contribution in [0.5, 0.6) is 0 Å². The molecule has 1 radical (unpaired) electrons. The Kier molecular flexibility index (Phi) is 2.78. The predicted molar refractivity (Wildman–Crippen MR) is 58.8 cm³/mol. The first-order chi connectivity index (χ1) is 7.27. The summed E-state index contributed by atoms with van der Waals surface area (Å²) >= 11 is 0. The molecule has 4 heteroatoms. The normalized spacial score (nSPS) is 10.6. The molecule has 2 aromatic heterocycles. The molecule has 0 aliphatic heterocycles. The molecule has 0 aliphatic rings. The van der Waals surface area contributed by atoms with Gasteiger partial charge in [-0.15, -0.1) is 34.8 Å². The third-order valence-electron chi connectivity index (χ3n) is 2.65. The number of pyridine rings is 1. The second-order valence-corrected chi connectivity index (χ2v) is 3.69. The van der Waals surface area contributed by atoms with Gasteiger partial charge in [-0.25, -0.2) is 0 Å². The zero-order valence-corrected chi connectivity index (χ0v) is 11.4. The van der Waals surface area contributed by atoms with E-state index in [1.165, 1.54) is 0 Å². The monoisotopic (exact) mass is 389 g/mol. The molecule has 0 saturated heterocycles. The first kappa shape index (κ1) is 11.2. The molecule has 83 valence electrons. The molecule has 3 aromatic rings. The first-order valence-corrected chi connectivity index (χ1v) is 4.89. The summed E-state index contributed by atoms with van der Waals surface area (Å²) in [5.74, 6) is 0.918. The van der Waals surface area contributed by atoms with Crippen LogP contribution in [0.3, 0.4) is 0 Å². The molecular formula is C12H10IrN3-. The van der Waals surface area contributed by atoms with Crippen molar-refractivity contribution in [2.45, 2.75) is 13.8 Å². The van der Waals surface area contributed by atoms with Crippen LogP contribution in [0, 0.1) is 19.9 Å². The molecule has 3 nitrogen and oxygen atoms in total. The molecule has 0 unspecified atom stereocenters. The second-order valence-electron chi connectivity index (χ2n) is 3.69. The average molecular weight is 388 g/mol. The number of benzene rings is 1. The fourth-order valence-corrected chi connectivity index (χ4v) is 2.00. The molecular weight excluding hydrogens is 378 g/mol. The first-order valence-electron chi connectivity index (χ1n) is 4.89. The van der Waals surface area contributed by atoms with Crippen LogP contribution >= 0.6 is 0 Å². The fourth-order valence-electron chi connectivity index (χ4n) is 2.00. The van der Waals surface area contributed by atoms with Gasteiger partial charge in [0.05, 0.1) is 5.65 Å². The van der Waals surface area contributed by atoms with E-state index in [0.717, 1.165) is 27.9 Å². The summed E-state index contributed by atoms with van der Waals surface area (Å²) in [4.78, 5) is 0. The molecule has 0 bridgehead atoms. The average Bonchev–Trinajstić information content (AvgIpc) is 2.62. The minimum Gasteiger partial charge on any atom is -0.325 e. The number of aryl methyl sites for hydroxylation is 2. The van der Waals surface area contributed by atoms with Crippen molar-refractivity contribution in [3.05, 3.63) is 41.9 Å². The maximum atomic E-state index is 4.19. The van der Waals surface area contributed by atoms with E-state index in [2.05, 4.69) is 39.7 Å². The molecule has 1 aromatic carbocycles. The van der Waals surface area contributed by atoms with Crippen molar-refractivity contribution in [3.63, 3.8) is 0 Å². The number of hydrogen-bond acceptors (Lipinski definition) is 2. The van der Waals surface area contributed by atoms with Crippen LogP contribution in [0.25, 0.3) is 16.4 Å². The predicted octanol–water partition coefficient (Wildman–Crippen LogP) is 2.30. The van der Waals surface area contributed by atoms with Crippen LogP contribution in [-0.2, 0) is 20.1 Å². The van der Waals surface area contributed by atoms with E-state index >= 15 is 0 Å². The Hall–Kier alpha value is -1.25. The fraction of sp³-hybridized carbons (Fsp3) is 0.167. The summed E-state index contributed by atoms with van der Waals surface area (Å²) in [6, 6.07) is 11.3. The summed E-state index contributed by atoms with van der Waals surface area (Å²) in [5, 5.41) is 10.5. The van der Waals surface area contributed by atoms with Crippen LogP contribution in [-0.4, -0.2) is 14.6 Å². The van der Waals surface area contributed by atoms with Gasteiger partial charge in [-0.2, -0.15) is 5.10 Å². The van der Waals surface area contributed by atoms with Gasteiger partial charge in [0, 0.05) is 25.8 Å². The van der Waals surface area contributed by atoms with Gasteiger partial charge in [0.2, 0.25) is 0 Å². The van der Waals surface area contributed by atoms with Crippen molar-refractivity contribution in [1.29, 1.82) is 0 Å². The molecule has 0 amide bonds. The van der Waals surface area contributed by atoms with Crippen LogP contribution in [0.15, 0.2) is 24.3 Å². The van der Waals surface area contributed by atoms with E-state index in [0.29, 0.717) is 0 Å². The molecule has 0 spiro atoms. The van der Waals surface area contributed by atoms with Crippen molar-refractivity contribution in [3.8, 4) is 0 Å². The summed E-state index contributed by atoms with van der Waals surface area (Å²) < 4.78 is 2.05. The Morgan fingerprint density at radius 2 is 2.06 bits per heavy atom. The number of rotatable bonds is 0. The van der Waals surface area contributed by atoms with E-state index < -0.39 is 0 Å². The van der Waals surface area contributed by atoms with E-state index in [1.807, 2.05) is 19.1 Å². The van der Waals surface area contributed by atoms with Gasteiger partial charge in [0.15, 0.2) is 0 Å². The van der Waals surface area contributed by atoms with Crippen molar-refractivity contribution in [2.24, 2.45) is 0 Å². The van der Waals surface area contributed by atoms with E-state index in [9.17, 15) is 0 Å². The van der Waals surface area contributed by atoms with Gasteiger partial charge in [-0.3, -0.25) is 0 Å². The number of aromatic nitrogens is 3. The second kappa shape index (κ2) is 3.96. The smallest absolute Gasteiger partial charge is 0.125 e. The number of fused-ring (bicyclic) bond motifs is 3.